The van der Waals surface area contributed by atoms with Crippen LogP contribution in [-0.2, 0) is 5.54 Å². The number of aromatic nitrogens is 4. The number of carbonyl (C=O) groups excluding carboxylic acids is 1. The Kier molecular flexibility index (Phi) is 7.46. The average molecular weight is 615 g/mol. The van der Waals surface area contributed by atoms with E-state index in [0.717, 1.165) is 10.7 Å². The lowest BCUT2D eigenvalue weighted by Crippen LogP contribution is -2.35. The van der Waals surface area contributed by atoms with Gasteiger partial charge in [0.25, 0.3) is 5.91 Å². The molecule has 4 N–H and O–H groups in total. The number of hydrogen-bond acceptors (Lipinski definition) is 7. The maximum Gasteiger partial charge on any atom is 0.413 e. The van der Waals surface area contributed by atoms with Crippen molar-refractivity contribution in [3.8, 4) is 6.07 Å². The second-order valence-corrected chi connectivity index (χ2v) is 12.1. The topological polar surface area (TPSA) is 135 Å². The minimum Gasteiger partial charge on any atom is -0.383 e. The number of hydrogen-bond donors (Lipinski definition) is 3. The molecule has 2 aromatic carbocycles. The summed E-state index contributed by atoms with van der Waals surface area (Å²) in [7, 11) is 0. The first-order chi connectivity index (χ1) is 20.1. The van der Waals surface area contributed by atoms with Crippen LogP contribution >= 0.6 is 11.6 Å². The van der Waals surface area contributed by atoms with Crippen molar-refractivity contribution in [1.29, 1.82) is 5.26 Å². The lowest BCUT2D eigenvalue weighted by Gasteiger charge is -2.23. The molecule has 0 spiro atoms. The van der Waals surface area contributed by atoms with Crippen molar-refractivity contribution in [1.82, 2.24) is 20.0 Å². The molecule has 5 rings (SSSR count). The van der Waals surface area contributed by atoms with E-state index in [1.807, 2.05) is 20.8 Å². The van der Waals surface area contributed by atoms with Crippen LogP contribution in [0.1, 0.15) is 66.8 Å². The molecular formula is C29H27ClF4N8O. The van der Waals surface area contributed by atoms with Crippen molar-refractivity contribution in [3.05, 3.63) is 75.9 Å². The molecule has 0 unspecified atom stereocenters. The molecule has 1 aliphatic carbocycles. The summed E-state index contributed by atoms with van der Waals surface area (Å²) in [6, 6.07) is 7.98. The van der Waals surface area contributed by atoms with E-state index < -0.39 is 35.0 Å². The fourth-order valence-electron chi connectivity index (χ4n) is 4.76. The fourth-order valence-corrected chi connectivity index (χ4v) is 5.02. The zero-order valence-corrected chi connectivity index (χ0v) is 24.1. The highest BCUT2D eigenvalue weighted by atomic mass is 35.5. The number of nitrogens with two attached hydrogens (primary N) is 1. The van der Waals surface area contributed by atoms with E-state index in [2.05, 4.69) is 32.0 Å². The first kappa shape index (κ1) is 30.0. The molecule has 2 aromatic heterocycles. The van der Waals surface area contributed by atoms with Crippen molar-refractivity contribution in [2.24, 2.45) is 11.1 Å². The summed E-state index contributed by atoms with van der Waals surface area (Å²) >= 11 is 6.62. The van der Waals surface area contributed by atoms with Crippen LogP contribution in [0.4, 0.5) is 28.9 Å². The number of rotatable bonds is 8. The number of benzene rings is 2. The first-order valence-electron chi connectivity index (χ1n) is 13.2. The molecule has 224 valence electrons. The van der Waals surface area contributed by atoms with E-state index in [0.29, 0.717) is 28.8 Å². The molecule has 1 aliphatic rings. The molecule has 9 nitrogen and oxygen atoms in total. The number of nitriles is 1. The third kappa shape index (κ3) is 5.79. The molecule has 1 saturated carbocycles. The van der Waals surface area contributed by atoms with Crippen molar-refractivity contribution in [2.75, 3.05) is 17.2 Å². The van der Waals surface area contributed by atoms with Crippen LogP contribution in [0.5, 0.6) is 0 Å². The van der Waals surface area contributed by atoms with E-state index in [9.17, 15) is 27.6 Å². The lowest BCUT2D eigenvalue weighted by molar-refractivity contribution is -0.182. The third-order valence-corrected chi connectivity index (χ3v) is 7.53. The smallest absolute Gasteiger partial charge is 0.383 e. The van der Waals surface area contributed by atoms with Gasteiger partial charge in [-0.25, -0.2) is 9.07 Å². The predicted molar refractivity (Wildman–Crippen MR) is 153 cm³/mol. The number of alkyl halides is 3. The molecule has 2 heterocycles. The standard InChI is InChI=1S/C29H27ClF4N8O/c1-27(2,3)14-38-23-16(11-35)12-37-25-19(23)9-17(10-20(25)30)39-24(15-4-5-21(31)18(8-15)26(36)43)22-13-42(41-40-22)28(6-7-28)29(32,33)34/h4-5,8-10,12-13,24,39H,6-7,14H2,1-3H3,(H2,36,43)(H,37,38)/t24-/m0/s1. The van der Waals surface area contributed by atoms with Gasteiger partial charge in [-0.2, -0.15) is 18.4 Å². The molecule has 14 heteroatoms. The number of halogens is 5. The number of carbonyl (C=O) groups is 1. The van der Waals surface area contributed by atoms with Gasteiger partial charge in [-0.15, -0.1) is 5.10 Å². The van der Waals surface area contributed by atoms with Gasteiger partial charge in [0.2, 0.25) is 0 Å². The van der Waals surface area contributed by atoms with Gasteiger partial charge in [-0.3, -0.25) is 9.78 Å². The Balaban J connectivity index is 1.63. The highest BCUT2D eigenvalue weighted by molar-refractivity contribution is 6.35. The van der Waals surface area contributed by atoms with Crippen LogP contribution in [0.15, 0.2) is 42.7 Å². The Morgan fingerprint density at radius 3 is 2.56 bits per heavy atom. The number of pyridine rings is 1. The van der Waals surface area contributed by atoms with Crippen molar-refractivity contribution >= 4 is 39.8 Å². The fraction of sp³-hybridized carbons (Fsp3) is 0.345. The molecule has 0 bridgehead atoms. The molecule has 4 aromatic rings. The number of nitrogens with one attached hydrogen (secondary N) is 2. The first-order valence-corrected chi connectivity index (χ1v) is 13.6. The van der Waals surface area contributed by atoms with Crippen molar-refractivity contribution in [2.45, 2.75) is 51.4 Å². The van der Waals surface area contributed by atoms with Crippen molar-refractivity contribution in [3.63, 3.8) is 0 Å². The Morgan fingerprint density at radius 1 is 1.23 bits per heavy atom. The molecule has 43 heavy (non-hydrogen) atoms. The van der Waals surface area contributed by atoms with E-state index >= 15 is 0 Å². The Morgan fingerprint density at radius 2 is 1.95 bits per heavy atom. The third-order valence-electron chi connectivity index (χ3n) is 7.24. The Bertz CT molecular complexity index is 1770. The highest BCUT2D eigenvalue weighted by Gasteiger charge is 2.66. The molecule has 0 saturated heterocycles. The Hall–Kier alpha value is -4.44. The second-order valence-electron chi connectivity index (χ2n) is 11.7. The summed E-state index contributed by atoms with van der Waals surface area (Å²) in [5.74, 6) is -1.87. The second kappa shape index (κ2) is 10.7. The number of amides is 1. The largest absolute Gasteiger partial charge is 0.413 e. The lowest BCUT2D eigenvalue weighted by atomic mass is 9.96. The van der Waals surface area contributed by atoms with Gasteiger partial charge in [0, 0.05) is 23.8 Å². The van der Waals surface area contributed by atoms with Gasteiger partial charge in [-0.05, 0) is 48.1 Å². The van der Waals surface area contributed by atoms with E-state index in [-0.39, 0.29) is 40.1 Å². The summed E-state index contributed by atoms with van der Waals surface area (Å²) in [5.41, 5.74) is 4.64. The number of nitrogens with zero attached hydrogens (tertiary/aromatic N) is 5. The minimum atomic E-state index is -4.54. The van der Waals surface area contributed by atoms with Gasteiger partial charge in [0.1, 0.15) is 17.6 Å². The van der Waals surface area contributed by atoms with Crippen LogP contribution in [0.25, 0.3) is 10.9 Å². The minimum absolute atomic E-state index is 0.0729. The van der Waals surface area contributed by atoms with Gasteiger partial charge >= 0.3 is 6.18 Å². The summed E-state index contributed by atoms with van der Waals surface area (Å²) in [4.78, 5) is 16.3. The summed E-state index contributed by atoms with van der Waals surface area (Å²) < 4.78 is 56.7. The van der Waals surface area contributed by atoms with Gasteiger partial charge in [-0.1, -0.05) is 43.7 Å². The average Bonchev–Trinajstić information content (AvgIpc) is 3.61. The Labute approximate surface area is 249 Å². The summed E-state index contributed by atoms with van der Waals surface area (Å²) in [6.07, 6.45) is -2.22. The molecule has 0 radical (unpaired) electrons. The zero-order chi connectivity index (χ0) is 31.3. The normalized spacial score (nSPS) is 15.1. The van der Waals surface area contributed by atoms with E-state index in [1.54, 1.807) is 12.1 Å². The van der Waals surface area contributed by atoms with Gasteiger partial charge < -0.3 is 16.4 Å². The van der Waals surface area contributed by atoms with Crippen molar-refractivity contribution < 1.29 is 22.4 Å². The maximum atomic E-state index is 14.4. The molecule has 1 atom stereocenters. The van der Waals surface area contributed by atoms with Crippen LogP contribution in [0, 0.1) is 22.6 Å². The maximum absolute atomic E-state index is 14.4. The molecular weight excluding hydrogens is 588 g/mol. The van der Waals surface area contributed by atoms with E-state index in [1.165, 1.54) is 24.5 Å². The van der Waals surface area contributed by atoms with Crippen LogP contribution < -0.4 is 16.4 Å². The molecule has 1 fully saturated rings. The molecule has 1 amide bonds. The van der Waals surface area contributed by atoms with Gasteiger partial charge in [0.15, 0.2) is 5.54 Å². The number of anilines is 2. The summed E-state index contributed by atoms with van der Waals surface area (Å²) in [6.45, 7) is 6.61. The SMILES string of the molecule is CC(C)(C)CNc1c(C#N)cnc2c(Cl)cc(N[C@@H](c3ccc(F)c(C(N)=O)c3)c3cn(C4(C(F)(F)F)CC4)nn3)cc12. The summed E-state index contributed by atoms with van der Waals surface area (Å²) in [5, 5.41) is 24.9. The van der Waals surface area contributed by atoms with Gasteiger partial charge in [0.05, 0.1) is 39.6 Å². The monoisotopic (exact) mass is 614 g/mol. The highest BCUT2D eigenvalue weighted by Crippen LogP contribution is 2.55. The predicted octanol–water partition coefficient (Wildman–Crippen LogP) is 6.30. The number of fused-ring (bicyclic) bond motifs is 1. The molecule has 0 aliphatic heterocycles. The van der Waals surface area contributed by atoms with E-state index in [4.69, 9.17) is 17.3 Å². The zero-order valence-electron chi connectivity index (χ0n) is 23.4. The quantitative estimate of drug-likeness (QED) is 0.198. The van der Waals surface area contributed by atoms with Crippen LogP contribution in [0.2, 0.25) is 5.02 Å². The number of primary amides is 1. The van der Waals surface area contributed by atoms with Crippen LogP contribution in [-0.4, -0.2) is 38.6 Å². The van der Waals surface area contributed by atoms with Crippen LogP contribution in [0.3, 0.4) is 0 Å².